The molecule has 3 aromatic rings. The van der Waals surface area contributed by atoms with Gasteiger partial charge in [-0.05, 0) is 38.5 Å². The summed E-state index contributed by atoms with van der Waals surface area (Å²) in [5.74, 6) is 1.43. The third-order valence-corrected chi connectivity index (χ3v) is 5.40. The van der Waals surface area contributed by atoms with Crippen molar-refractivity contribution in [2.24, 2.45) is 0 Å². The van der Waals surface area contributed by atoms with E-state index in [1.54, 1.807) is 13.1 Å². The molecule has 3 heterocycles. The summed E-state index contributed by atoms with van der Waals surface area (Å²) in [7, 11) is 0. The molecule has 0 spiro atoms. The van der Waals surface area contributed by atoms with Crippen LogP contribution in [0.25, 0.3) is 11.4 Å². The third kappa shape index (κ3) is 3.43. The maximum absolute atomic E-state index is 12.0. The highest BCUT2D eigenvalue weighted by Gasteiger charge is 2.34. The van der Waals surface area contributed by atoms with E-state index in [1.165, 1.54) is 0 Å². The van der Waals surface area contributed by atoms with Gasteiger partial charge in [0.05, 0.1) is 13.2 Å². The Morgan fingerprint density at radius 1 is 1.14 bits per heavy atom. The van der Waals surface area contributed by atoms with Crippen molar-refractivity contribution in [3.8, 4) is 11.4 Å². The molecule has 1 atom stereocenters. The Bertz CT molecular complexity index is 1030. The Labute approximate surface area is 164 Å². The Morgan fingerprint density at radius 3 is 2.61 bits per heavy atom. The number of hydrogen-bond donors (Lipinski definition) is 1. The summed E-state index contributed by atoms with van der Waals surface area (Å²) in [6, 6.07) is 14.2. The molecule has 1 unspecified atom stereocenters. The highest BCUT2D eigenvalue weighted by molar-refractivity contribution is 5.57. The molecule has 1 aliphatic heterocycles. The number of aromatic nitrogens is 3. The fourth-order valence-electron chi connectivity index (χ4n) is 3.53. The van der Waals surface area contributed by atoms with Crippen LogP contribution in [-0.4, -0.2) is 34.6 Å². The molecule has 0 aliphatic carbocycles. The summed E-state index contributed by atoms with van der Waals surface area (Å²) < 4.78 is 6.11. The van der Waals surface area contributed by atoms with Crippen molar-refractivity contribution in [1.29, 1.82) is 0 Å². The zero-order valence-electron chi connectivity index (χ0n) is 16.4. The van der Waals surface area contributed by atoms with Crippen molar-refractivity contribution in [2.75, 3.05) is 24.6 Å². The minimum atomic E-state index is -0.374. The predicted octanol–water partition coefficient (Wildman–Crippen LogP) is 3.20. The topological polar surface area (TPSA) is 71.1 Å². The Balaban J connectivity index is 1.58. The highest BCUT2D eigenvalue weighted by Crippen LogP contribution is 2.31. The van der Waals surface area contributed by atoms with Crippen molar-refractivity contribution < 1.29 is 4.74 Å². The van der Waals surface area contributed by atoms with Gasteiger partial charge >= 0.3 is 0 Å². The van der Waals surface area contributed by atoms with Crippen LogP contribution in [0.5, 0.6) is 0 Å². The molecule has 28 heavy (non-hydrogen) atoms. The van der Waals surface area contributed by atoms with E-state index in [4.69, 9.17) is 4.74 Å². The summed E-state index contributed by atoms with van der Waals surface area (Å²) in [6.45, 7) is 7.88. The molecule has 1 N–H and O–H groups in total. The quantitative estimate of drug-likeness (QED) is 0.760. The number of H-pyrrole nitrogens is 1. The number of nitrogens with one attached hydrogen (secondary N) is 1. The van der Waals surface area contributed by atoms with Gasteiger partial charge in [-0.25, -0.2) is 9.97 Å². The molecule has 0 amide bonds. The van der Waals surface area contributed by atoms with E-state index >= 15 is 0 Å². The Hall–Kier alpha value is -2.99. The predicted molar refractivity (Wildman–Crippen MR) is 110 cm³/mol. The fourth-order valence-corrected chi connectivity index (χ4v) is 3.53. The van der Waals surface area contributed by atoms with Crippen LogP contribution >= 0.6 is 0 Å². The smallest absolute Gasteiger partial charge is 0.254 e. The summed E-state index contributed by atoms with van der Waals surface area (Å²) in [4.78, 5) is 26.2. The van der Waals surface area contributed by atoms with Gasteiger partial charge in [0.25, 0.3) is 5.56 Å². The lowest BCUT2D eigenvalue weighted by Crippen LogP contribution is -2.48. The van der Waals surface area contributed by atoms with Gasteiger partial charge in [0.15, 0.2) is 0 Å². The molecule has 0 radical (unpaired) electrons. The van der Waals surface area contributed by atoms with E-state index < -0.39 is 0 Å². The van der Waals surface area contributed by atoms with E-state index in [0.29, 0.717) is 18.0 Å². The SMILES string of the molecule is Cc1nc(-c2ccc(N3CCOC(C)(c4ccccc4)C3)nc2)[nH]c(=O)c1C. The number of rotatable bonds is 3. The average molecular weight is 376 g/mol. The number of hydrogen-bond acceptors (Lipinski definition) is 5. The van der Waals surface area contributed by atoms with Crippen LogP contribution < -0.4 is 10.5 Å². The maximum atomic E-state index is 12.0. The van der Waals surface area contributed by atoms with Gasteiger partial charge in [0, 0.05) is 29.6 Å². The number of aromatic amines is 1. The van der Waals surface area contributed by atoms with E-state index in [2.05, 4.69) is 38.9 Å². The van der Waals surface area contributed by atoms with E-state index in [-0.39, 0.29) is 11.2 Å². The van der Waals surface area contributed by atoms with Crippen molar-refractivity contribution in [1.82, 2.24) is 15.0 Å². The molecule has 0 bridgehead atoms. The number of anilines is 1. The van der Waals surface area contributed by atoms with Crippen molar-refractivity contribution in [3.63, 3.8) is 0 Å². The van der Waals surface area contributed by atoms with E-state index in [1.807, 2.05) is 37.3 Å². The molecule has 4 rings (SSSR count). The van der Waals surface area contributed by atoms with Gasteiger partial charge in [-0.1, -0.05) is 30.3 Å². The molecule has 2 aromatic heterocycles. The molecule has 0 saturated carbocycles. The zero-order chi connectivity index (χ0) is 19.7. The first-order valence-corrected chi connectivity index (χ1v) is 9.45. The highest BCUT2D eigenvalue weighted by atomic mass is 16.5. The summed E-state index contributed by atoms with van der Waals surface area (Å²) in [5, 5.41) is 0. The van der Waals surface area contributed by atoms with Crippen LogP contribution in [0.2, 0.25) is 0 Å². The van der Waals surface area contributed by atoms with Crippen LogP contribution in [0.4, 0.5) is 5.82 Å². The summed E-state index contributed by atoms with van der Waals surface area (Å²) >= 11 is 0. The summed E-state index contributed by atoms with van der Waals surface area (Å²) in [5.41, 5.74) is 2.84. The minimum Gasteiger partial charge on any atom is -0.367 e. The molecular formula is C22H24N4O2. The number of morpholine rings is 1. The molecule has 1 aliphatic rings. The van der Waals surface area contributed by atoms with Crippen molar-refractivity contribution in [3.05, 3.63) is 75.8 Å². The molecule has 1 fully saturated rings. The molecule has 1 saturated heterocycles. The zero-order valence-corrected chi connectivity index (χ0v) is 16.4. The van der Waals surface area contributed by atoms with Crippen LogP contribution in [0.15, 0.2) is 53.5 Å². The number of benzene rings is 1. The number of nitrogens with zero attached hydrogens (tertiary/aromatic N) is 3. The number of ether oxygens (including phenoxy) is 1. The maximum Gasteiger partial charge on any atom is 0.254 e. The fraction of sp³-hybridized carbons (Fsp3) is 0.318. The van der Waals surface area contributed by atoms with E-state index in [9.17, 15) is 4.79 Å². The van der Waals surface area contributed by atoms with Gasteiger partial charge in [-0.15, -0.1) is 0 Å². The monoisotopic (exact) mass is 376 g/mol. The normalized spacial score (nSPS) is 19.6. The standard InChI is InChI=1S/C22H24N4O2/c1-15-16(2)24-20(25-21(15)27)17-9-10-19(23-13-17)26-11-12-28-22(3,14-26)18-7-5-4-6-8-18/h4-10,13H,11-12,14H2,1-3H3,(H,24,25,27). The number of pyridine rings is 1. The van der Waals surface area contributed by atoms with Crippen LogP contribution in [0, 0.1) is 13.8 Å². The largest absolute Gasteiger partial charge is 0.367 e. The minimum absolute atomic E-state index is 0.113. The van der Waals surface area contributed by atoms with Gasteiger partial charge < -0.3 is 14.6 Å². The van der Waals surface area contributed by atoms with Crippen LogP contribution in [0.3, 0.4) is 0 Å². The molecular weight excluding hydrogens is 352 g/mol. The van der Waals surface area contributed by atoms with Gasteiger partial charge in [-0.3, -0.25) is 4.79 Å². The Morgan fingerprint density at radius 2 is 1.93 bits per heavy atom. The van der Waals surface area contributed by atoms with Crippen LogP contribution in [0.1, 0.15) is 23.7 Å². The summed E-state index contributed by atoms with van der Waals surface area (Å²) in [6.07, 6.45) is 1.76. The molecule has 6 heteroatoms. The number of aryl methyl sites for hydroxylation is 1. The van der Waals surface area contributed by atoms with Gasteiger partial charge in [0.1, 0.15) is 17.2 Å². The third-order valence-electron chi connectivity index (χ3n) is 5.40. The Kier molecular flexibility index (Phi) is 4.73. The van der Waals surface area contributed by atoms with Crippen molar-refractivity contribution in [2.45, 2.75) is 26.4 Å². The molecule has 6 nitrogen and oxygen atoms in total. The lowest BCUT2D eigenvalue weighted by molar-refractivity contribution is -0.0468. The molecule has 1 aromatic carbocycles. The second-order valence-electron chi connectivity index (χ2n) is 7.40. The first kappa shape index (κ1) is 18.4. The second-order valence-corrected chi connectivity index (χ2v) is 7.40. The second kappa shape index (κ2) is 7.20. The van der Waals surface area contributed by atoms with Gasteiger partial charge in [0.2, 0.25) is 0 Å². The van der Waals surface area contributed by atoms with E-state index in [0.717, 1.165) is 35.7 Å². The first-order chi connectivity index (χ1) is 13.5. The lowest BCUT2D eigenvalue weighted by Gasteiger charge is -2.41. The van der Waals surface area contributed by atoms with Crippen molar-refractivity contribution >= 4 is 5.82 Å². The lowest BCUT2D eigenvalue weighted by atomic mass is 9.94. The first-order valence-electron chi connectivity index (χ1n) is 9.45. The van der Waals surface area contributed by atoms with Gasteiger partial charge in [-0.2, -0.15) is 0 Å². The molecule has 144 valence electrons. The average Bonchev–Trinajstić information content (AvgIpc) is 2.72. The van der Waals surface area contributed by atoms with Crippen LogP contribution in [-0.2, 0) is 10.3 Å².